The lowest BCUT2D eigenvalue weighted by Crippen LogP contribution is -2.34. The normalized spacial score (nSPS) is 11.1. The minimum absolute atomic E-state index is 0.0969. The molecular weight excluding hydrogens is 340 g/mol. The lowest BCUT2D eigenvalue weighted by molar-refractivity contribution is -0.122. The van der Waals surface area contributed by atoms with Crippen molar-refractivity contribution in [2.75, 3.05) is 14.1 Å². The Hall–Kier alpha value is -2.99. The second kappa shape index (κ2) is 8.14. The second-order valence-electron chi connectivity index (χ2n) is 6.88. The molecule has 2 aromatic carbocycles. The first-order chi connectivity index (χ1) is 13.0. The predicted molar refractivity (Wildman–Crippen MR) is 106 cm³/mol. The number of rotatable bonds is 6. The van der Waals surface area contributed by atoms with Crippen molar-refractivity contribution in [1.29, 1.82) is 0 Å². The minimum atomic E-state index is -0.251. The van der Waals surface area contributed by atoms with Crippen LogP contribution in [-0.4, -0.2) is 34.7 Å². The fourth-order valence-electron chi connectivity index (χ4n) is 3.12. The Bertz CT molecular complexity index is 1020. The molecule has 0 radical (unpaired) electrons. The van der Waals surface area contributed by atoms with E-state index in [0.717, 1.165) is 23.2 Å². The molecule has 0 saturated heterocycles. The zero-order valence-corrected chi connectivity index (χ0v) is 15.9. The van der Waals surface area contributed by atoms with Gasteiger partial charge in [0.1, 0.15) is 6.54 Å². The molecule has 0 spiro atoms. The fraction of sp³-hybridized carbons (Fsp3) is 0.286. The Kier molecular flexibility index (Phi) is 5.66. The van der Waals surface area contributed by atoms with Gasteiger partial charge in [-0.25, -0.2) is 4.68 Å². The van der Waals surface area contributed by atoms with Crippen molar-refractivity contribution in [3.63, 3.8) is 0 Å². The van der Waals surface area contributed by atoms with E-state index in [-0.39, 0.29) is 18.0 Å². The maximum atomic E-state index is 12.6. The molecule has 1 amide bonds. The van der Waals surface area contributed by atoms with Crippen LogP contribution in [0.2, 0.25) is 0 Å². The summed E-state index contributed by atoms with van der Waals surface area (Å²) in [5.41, 5.74) is 2.71. The summed E-state index contributed by atoms with van der Waals surface area (Å²) < 4.78 is 1.23. The number of carbonyl (C=O) groups excluding carboxylic acids is 1. The molecule has 1 aromatic heterocycles. The van der Waals surface area contributed by atoms with Gasteiger partial charge in [0.05, 0.1) is 11.1 Å². The Balaban J connectivity index is 1.73. The van der Waals surface area contributed by atoms with Crippen LogP contribution in [0, 0.1) is 6.92 Å². The summed E-state index contributed by atoms with van der Waals surface area (Å²) in [6, 6.07) is 15.3. The maximum absolute atomic E-state index is 12.6. The summed E-state index contributed by atoms with van der Waals surface area (Å²) in [5, 5.41) is 8.58. The molecular formula is C21H24N4O2. The number of fused-ring (bicyclic) bond motifs is 1. The van der Waals surface area contributed by atoms with E-state index in [2.05, 4.69) is 21.4 Å². The second-order valence-corrected chi connectivity index (χ2v) is 6.88. The smallest absolute Gasteiger partial charge is 0.275 e. The molecule has 6 heteroatoms. The number of hydrogen-bond acceptors (Lipinski definition) is 4. The molecule has 0 unspecified atom stereocenters. The first-order valence-corrected chi connectivity index (χ1v) is 8.90. The van der Waals surface area contributed by atoms with E-state index in [0.29, 0.717) is 11.9 Å². The standard InChI is InChI=1S/C21H24N4O2/c1-15-18-10-6-7-11-19(18)21(27)25(23-15)14-20(26)22-12-16-8-4-5-9-17(16)13-24(2)3/h4-11H,12-14H2,1-3H3,(H,22,26). The van der Waals surface area contributed by atoms with Crippen molar-refractivity contribution >= 4 is 16.7 Å². The van der Waals surface area contributed by atoms with Crippen molar-refractivity contribution < 1.29 is 4.79 Å². The molecule has 0 aliphatic rings. The van der Waals surface area contributed by atoms with Crippen LogP contribution in [0.3, 0.4) is 0 Å². The topological polar surface area (TPSA) is 67.2 Å². The van der Waals surface area contributed by atoms with Gasteiger partial charge in [-0.05, 0) is 38.2 Å². The number of nitrogens with zero attached hydrogens (tertiary/aromatic N) is 3. The molecule has 6 nitrogen and oxygen atoms in total. The molecule has 27 heavy (non-hydrogen) atoms. The number of amides is 1. The summed E-state index contributed by atoms with van der Waals surface area (Å²) in [5.74, 6) is -0.237. The zero-order valence-electron chi connectivity index (χ0n) is 15.9. The first-order valence-electron chi connectivity index (χ1n) is 8.90. The van der Waals surface area contributed by atoms with Gasteiger partial charge in [-0.15, -0.1) is 0 Å². The lowest BCUT2D eigenvalue weighted by Gasteiger charge is -2.15. The molecule has 1 N–H and O–H groups in total. The van der Waals surface area contributed by atoms with E-state index in [1.165, 1.54) is 10.2 Å². The van der Waals surface area contributed by atoms with Gasteiger partial charge in [0, 0.05) is 18.5 Å². The molecule has 0 aliphatic heterocycles. The number of benzene rings is 2. The third kappa shape index (κ3) is 4.41. The van der Waals surface area contributed by atoms with Gasteiger partial charge in [0.15, 0.2) is 0 Å². The summed E-state index contributed by atoms with van der Waals surface area (Å²) in [4.78, 5) is 27.1. The van der Waals surface area contributed by atoms with Crippen molar-refractivity contribution in [3.05, 3.63) is 75.7 Å². The van der Waals surface area contributed by atoms with Crippen LogP contribution >= 0.6 is 0 Å². The maximum Gasteiger partial charge on any atom is 0.275 e. The Morgan fingerprint density at radius 2 is 1.67 bits per heavy atom. The number of aryl methyl sites for hydroxylation is 1. The number of nitrogens with one attached hydrogen (secondary N) is 1. The van der Waals surface area contributed by atoms with Gasteiger partial charge in [-0.3, -0.25) is 9.59 Å². The van der Waals surface area contributed by atoms with Crippen LogP contribution in [0.15, 0.2) is 53.3 Å². The molecule has 0 bridgehead atoms. The Labute approximate surface area is 158 Å². The first kappa shape index (κ1) is 18.8. The van der Waals surface area contributed by atoms with E-state index >= 15 is 0 Å². The zero-order chi connectivity index (χ0) is 19.4. The van der Waals surface area contributed by atoms with Crippen molar-refractivity contribution in [3.8, 4) is 0 Å². The van der Waals surface area contributed by atoms with Gasteiger partial charge in [0.2, 0.25) is 5.91 Å². The largest absolute Gasteiger partial charge is 0.350 e. The van der Waals surface area contributed by atoms with Gasteiger partial charge >= 0.3 is 0 Å². The van der Waals surface area contributed by atoms with Gasteiger partial charge in [-0.1, -0.05) is 42.5 Å². The van der Waals surface area contributed by atoms with E-state index in [4.69, 9.17) is 0 Å². The van der Waals surface area contributed by atoms with Crippen LogP contribution in [-0.2, 0) is 24.4 Å². The molecule has 0 aliphatic carbocycles. The van der Waals surface area contributed by atoms with Gasteiger partial charge < -0.3 is 10.2 Å². The van der Waals surface area contributed by atoms with Crippen LogP contribution in [0.5, 0.6) is 0 Å². The highest BCUT2D eigenvalue weighted by Crippen LogP contribution is 2.12. The van der Waals surface area contributed by atoms with Crippen molar-refractivity contribution in [2.24, 2.45) is 0 Å². The van der Waals surface area contributed by atoms with E-state index in [1.54, 1.807) is 6.07 Å². The highest BCUT2D eigenvalue weighted by molar-refractivity contribution is 5.83. The Morgan fingerprint density at radius 3 is 2.37 bits per heavy atom. The lowest BCUT2D eigenvalue weighted by atomic mass is 10.1. The minimum Gasteiger partial charge on any atom is -0.350 e. The number of hydrogen-bond donors (Lipinski definition) is 1. The SMILES string of the molecule is Cc1nn(CC(=O)NCc2ccccc2CN(C)C)c(=O)c2ccccc12. The number of carbonyl (C=O) groups is 1. The van der Waals surface area contributed by atoms with Crippen LogP contribution in [0.1, 0.15) is 16.8 Å². The summed E-state index contributed by atoms with van der Waals surface area (Å²) in [7, 11) is 4.02. The van der Waals surface area contributed by atoms with Gasteiger partial charge in [-0.2, -0.15) is 5.10 Å². The van der Waals surface area contributed by atoms with E-state index < -0.39 is 0 Å². The molecule has 0 atom stereocenters. The number of aromatic nitrogens is 2. The average molecular weight is 364 g/mol. The molecule has 1 heterocycles. The molecule has 0 fully saturated rings. The Morgan fingerprint density at radius 1 is 1.04 bits per heavy atom. The van der Waals surface area contributed by atoms with E-state index in [9.17, 15) is 9.59 Å². The highest BCUT2D eigenvalue weighted by Gasteiger charge is 2.11. The van der Waals surface area contributed by atoms with E-state index in [1.807, 2.05) is 57.4 Å². The van der Waals surface area contributed by atoms with Crippen molar-refractivity contribution in [1.82, 2.24) is 20.0 Å². The fourth-order valence-corrected chi connectivity index (χ4v) is 3.12. The highest BCUT2D eigenvalue weighted by atomic mass is 16.2. The molecule has 3 rings (SSSR count). The molecule has 3 aromatic rings. The summed E-state index contributed by atoms with van der Waals surface area (Å²) >= 11 is 0. The summed E-state index contributed by atoms with van der Waals surface area (Å²) in [6.45, 7) is 2.97. The van der Waals surface area contributed by atoms with Crippen LogP contribution in [0.25, 0.3) is 10.8 Å². The predicted octanol–water partition coefficient (Wildman–Crippen LogP) is 2.08. The quantitative estimate of drug-likeness (QED) is 0.727. The summed E-state index contributed by atoms with van der Waals surface area (Å²) in [6.07, 6.45) is 0. The molecule has 140 valence electrons. The third-order valence-corrected chi connectivity index (χ3v) is 4.43. The van der Waals surface area contributed by atoms with Gasteiger partial charge in [0.25, 0.3) is 5.56 Å². The van der Waals surface area contributed by atoms with Crippen LogP contribution < -0.4 is 10.9 Å². The molecule has 0 saturated carbocycles. The monoisotopic (exact) mass is 364 g/mol. The van der Waals surface area contributed by atoms with Crippen molar-refractivity contribution in [2.45, 2.75) is 26.6 Å². The van der Waals surface area contributed by atoms with Crippen LogP contribution in [0.4, 0.5) is 0 Å². The third-order valence-electron chi connectivity index (χ3n) is 4.43. The average Bonchev–Trinajstić information content (AvgIpc) is 2.65.